The van der Waals surface area contributed by atoms with Gasteiger partial charge in [0.1, 0.15) is 5.82 Å². The Morgan fingerprint density at radius 2 is 1.80 bits per heavy atom. The van der Waals surface area contributed by atoms with E-state index in [2.05, 4.69) is 10.3 Å². The van der Waals surface area contributed by atoms with Gasteiger partial charge in [-0.05, 0) is 31.2 Å². The number of rotatable bonds is 3. The Bertz CT molecular complexity index is 727. The lowest BCUT2D eigenvalue weighted by Gasteiger charge is -2.09. The predicted molar refractivity (Wildman–Crippen MR) is 77.0 cm³/mol. The van der Waals surface area contributed by atoms with Crippen LogP contribution in [0, 0.1) is 6.92 Å². The van der Waals surface area contributed by atoms with Gasteiger partial charge in [-0.3, -0.25) is 0 Å². The summed E-state index contributed by atoms with van der Waals surface area (Å²) in [5, 5.41) is 16.6. The third-order valence-electron chi connectivity index (χ3n) is 3.12. The predicted octanol–water partition coefficient (Wildman–Crippen LogP) is 2.78. The van der Waals surface area contributed by atoms with Crippen molar-refractivity contribution in [3.63, 3.8) is 0 Å². The number of para-hydroxylation sites is 1. The smallest absolute Gasteiger partial charge is 0.149 e. The van der Waals surface area contributed by atoms with Gasteiger partial charge in [-0.1, -0.05) is 23.4 Å². The molecule has 0 bridgehead atoms. The molecule has 3 aromatic rings. The largest absolute Gasteiger partial charge is 0.411 e. The first-order valence-electron chi connectivity index (χ1n) is 6.27. The zero-order chi connectivity index (χ0) is 13.9. The van der Waals surface area contributed by atoms with Gasteiger partial charge in [0.2, 0.25) is 0 Å². The Morgan fingerprint density at radius 3 is 2.45 bits per heavy atom. The highest BCUT2D eigenvalue weighted by molar-refractivity contribution is 5.85. The number of hydrogen-bond acceptors (Lipinski definition) is 3. The highest BCUT2D eigenvalue weighted by Crippen LogP contribution is 2.21. The van der Waals surface area contributed by atoms with Crippen LogP contribution in [-0.4, -0.2) is 25.8 Å². The van der Waals surface area contributed by atoms with E-state index >= 15 is 0 Å². The third-order valence-corrected chi connectivity index (χ3v) is 3.12. The van der Waals surface area contributed by atoms with Gasteiger partial charge in [0, 0.05) is 12.4 Å². The van der Waals surface area contributed by atoms with Gasteiger partial charge in [0.05, 0.1) is 23.2 Å². The molecule has 0 saturated carbocycles. The molecule has 1 aromatic carbocycles. The molecular formula is C15H14N4O. The van der Waals surface area contributed by atoms with Gasteiger partial charge in [0.15, 0.2) is 0 Å². The second-order valence-electron chi connectivity index (χ2n) is 4.40. The SMILES string of the molecule is Cc1nn(-c2ccccc2)c(-n2cccc2)c1/C=N/O. The molecule has 0 aliphatic heterocycles. The maximum atomic E-state index is 8.87. The van der Waals surface area contributed by atoms with Crippen molar-refractivity contribution in [2.75, 3.05) is 0 Å². The molecule has 0 amide bonds. The second kappa shape index (κ2) is 5.05. The zero-order valence-electron chi connectivity index (χ0n) is 11.0. The summed E-state index contributed by atoms with van der Waals surface area (Å²) < 4.78 is 3.79. The average molecular weight is 266 g/mol. The quantitative estimate of drug-likeness (QED) is 0.450. The summed E-state index contributed by atoms with van der Waals surface area (Å²) in [6, 6.07) is 13.7. The van der Waals surface area contributed by atoms with Crippen LogP contribution in [0.2, 0.25) is 0 Å². The minimum absolute atomic E-state index is 0.785. The van der Waals surface area contributed by atoms with E-state index < -0.39 is 0 Å². The second-order valence-corrected chi connectivity index (χ2v) is 4.40. The van der Waals surface area contributed by atoms with Crippen molar-refractivity contribution in [3.8, 4) is 11.5 Å². The maximum absolute atomic E-state index is 8.87. The molecule has 5 heteroatoms. The maximum Gasteiger partial charge on any atom is 0.149 e. The van der Waals surface area contributed by atoms with Crippen molar-refractivity contribution in [2.24, 2.45) is 5.16 Å². The van der Waals surface area contributed by atoms with Crippen LogP contribution in [0.15, 0.2) is 60.0 Å². The van der Waals surface area contributed by atoms with Crippen molar-refractivity contribution in [1.82, 2.24) is 14.3 Å². The van der Waals surface area contributed by atoms with Crippen molar-refractivity contribution >= 4 is 6.21 Å². The van der Waals surface area contributed by atoms with Gasteiger partial charge in [-0.25, -0.2) is 4.68 Å². The van der Waals surface area contributed by atoms with Crippen molar-refractivity contribution in [3.05, 3.63) is 66.1 Å². The summed E-state index contributed by atoms with van der Waals surface area (Å²) in [5.74, 6) is 0.844. The fraction of sp³-hybridized carbons (Fsp3) is 0.0667. The zero-order valence-corrected chi connectivity index (χ0v) is 11.0. The fourth-order valence-corrected chi connectivity index (χ4v) is 2.21. The minimum atomic E-state index is 0.785. The van der Waals surface area contributed by atoms with Gasteiger partial charge in [-0.15, -0.1) is 0 Å². The molecule has 20 heavy (non-hydrogen) atoms. The van der Waals surface area contributed by atoms with Crippen molar-refractivity contribution in [1.29, 1.82) is 0 Å². The van der Waals surface area contributed by atoms with Gasteiger partial charge in [0.25, 0.3) is 0 Å². The van der Waals surface area contributed by atoms with E-state index in [4.69, 9.17) is 5.21 Å². The standard InChI is InChI=1S/C15H14N4O/c1-12-14(11-16-20)15(18-9-5-6-10-18)19(17-12)13-7-3-2-4-8-13/h2-11,20H,1H3/b16-11+. The monoisotopic (exact) mass is 266 g/mol. The molecule has 0 atom stereocenters. The molecule has 2 heterocycles. The number of benzene rings is 1. The minimum Gasteiger partial charge on any atom is -0.411 e. The van der Waals surface area contributed by atoms with Crippen LogP contribution in [-0.2, 0) is 0 Å². The van der Waals surface area contributed by atoms with Crippen LogP contribution in [0.1, 0.15) is 11.3 Å². The first-order chi connectivity index (χ1) is 9.81. The highest BCUT2D eigenvalue weighted by Gasteiger charge is 2.16. The Morgan fingerprint density at radius 1 is 1.10 bits per heavy atom. The first-order valence-corrected chi connectivity index (χ1v) is 6.27. The summed E-state index contributed by atoms with van der Waals surface area (Å²) in [7, 11) is 0. The van der Waals surface area contributed by atoms with E-state index in [1.807, 2.05) is 71.0 Å². The van der Waals surface area contributed by atoms with Crippen molar-refractivity contribution in [2.45, 2.75) is 6.92 Å². The van der Waals surface area contributed by atoms with Crippen LogP contribution >= 0.6 is 0 Å². The summed E-state index contributed by atoms with van der Waals surface area (Å²) in [5.41, 5.74) is 2.54. The van der Waals surface area contributed by atoms with E-state index in [1.165, 1.54) is 6.21 Å². The van der Waals surface area contributed by atoms with E-state index in [0.29, 0.717) is 0 Å². The number of aromatic nitrogens is 3. The average Bonchev–Trinajstić information content (AvgIpc) is 3.09. The van der Waals surface area contributed by atoms with Gasteiger partial charge in [-0.2, -0.15) is 5.10 Å². The molecule has 2 aromatic heterocycles. The number of aryl methyl sites for hydroxylation is 1. The van der Waals surface area contributed by atoms with Gasteiger partial charge >= 0.3 is 0 Å². The van der Waals surface area contributed by atoms with Crippen LogP contribution in [0.4, 0.5) is 0 Å². The summed E-state index contributed by atoms with van der Waals surface area (Å²) in [6.07, 6.45) is 5.28. The molecule has 0 fully saturated rings. The molecular weight excluding hydrogens is 252 g/mol. The van der Waals surface area contributed by atoms with Crippen molar-refractivity contribution < 1.29 is 5.21 Å². The Hall–Kier alpha value is -2.82. The van der Waals surface area contributed by atoms with E-state index in [9.17, 15) is 0 Å². The number of nitrogens with zero attached hydrogens (tertiary/aromatic N) is 4. The summed E-state index contributed by atoms with van der Waals surface area (Å²) in [6.45, 7) is 1.89. The molecule has 0 spiro atoms. The lowest BCUT2D eigenvalue weighted by atomic mass is 10.2. The van der Waals surface area contributed by atoms with Crippen LogP contribution in [0.25, 0.3) is 11.5 Å². The molecule has 0 radical (unpaired) electrons. The third kappa shape index (κ3) is 1.99. The molecule has 100 valence electrons. The highest BCUT2D eigenvalue weighted by atomic mass is 16.4. The van der Waals surface area contributed by atoms with Crippen LogP contribution < -0.4 is 0 Å². The number of oxime groups is 1. The lowest BCUT2D eigenvalue weighted by molar-refractivity contribution is 0.322. The molecule has 1 N–H and O–H groups in total. The molecule has 5 nitrogen and oxygen atoms in total. The Labute approximate surface area is 116 Å². The fourth-order valence-electron chi connectivity index (χ4n) is 2.21. The number of hydrogen-bond donors (Lipinski definition) is 1. The first kappa shape index (κ1) is 12.2. The summed E-state index contributed by atoms with van der Waals surface area (Å²) >= 11 is 0. The summed E-state index contributed by atoms with van der Waals surface area (Å²) in [4.78, 5) is 0. The van der Waals surface area contributed by atoms with Crippen LogP contribution in [0.5, 0.6) is 0 Å². The van der Waals surface area contributed by atoms with E-state index in [-0.39, 0.29) is 0 Å². The normalized spacial score (nSPS) is 11.2. The Balaban J connectivity index is 2.28. The van der Waals surface area contributed by atoms with E-state index in [1.54, 1.807) is 0 Å². The van der Waals surface area contributed by atoms with Gasteiger partial charge < -0.3 is 9.77 Å². The molecule has 3 rings (SSSR count). The molecule has 0 unspecified atom stereocenters. The molecule has 0 saturated heterocycles. The van der Waals surface area contributed by atoms with Crippen LogP contribution in [0.3, 0.4) is 0 Å². The Kier molecular flexibility index (Phi) is 3.09. The van der Waals surface area contributed by atoms with E-state index in [0.717, 1.165) is 22.8 Å². The molecule has 0 aliphatic carbocycles. The topological polar surface area (TPSA) is 55.3 Å². The molecule has 0 aliphatic rings. The lowest BCUT2D eigenvalue weighted by Crippen LogP contribution is -2.05.